The van der Waals surface area contributed by atoms with Crippen LogP contribution in [-0.4, -0.2) is 15.8 Å². The lowest BCUT2D eigenvalue weighted by atomic mass is 10.2. The fourth-order valence-electron chi connectivity index (χ4n) is 1.63. The summed E-state index contributed by atoms with van der Waals surface area (Å²) in [5, 5.41) is 12.9. The Kier molecular flexibility index (Phi) is 4.05. The second-order valence-corrected chi connectivity index (χ2v) is 3.92. The Balaban J connectivity index is 2.24. The first kappa shape index (κ1) is 14.3. The Hall–Kier alpha value is -3.07. The summed E-state index contributed by atoms with van der Waals surface area (Å²) in [4.78, 5) is 25.5. The van der Waals surface area contributed by atoms with Crippen LogP contribution in [0.3, 0.4) is 0 Å². The normalized spacial score (nSPS) is 10.0. The largest absolute Gasteiger partial charge is 0.322 e. The van der Waals surface area contributed by atoms with Crippen molar-refractivity contribution in [2.75, 3.05) is 10.7 Å². The van der Waals surface area contributed by atoms with Gasteiger partial charge in [-0.3, -0.25) is 14.9 Å². The summed E-state index contributed by atoms with van der Waals surface area (Å²) < 4.78 is 13.5. The molecule has 0 bridgehead atoms. The molecule has 0 aliphatic rings. The van der Waals surface area contributed by atoms with Gasteiger partial charge in [0, 0.05) is 24.0 Å². The second-order valence-electron chi connectivity index (χ2n) is 3.92. The second kappa shape index (κ2) is 5.92. The Bertz CT molecular complexity index is 707. The van der Waals surface area contributed by atoms with Gasteiger partial charge in [-0.05, 0) is 18.2 Å². The molecule has 0 spiro atoms. The van der Waals surface area contributed by atoms with Crippen LogP contribution >= 0.6 is 0 Å². The van der Waals surface area contributed by atoms with Crippen LogP contribution < -0.4 is 16.6 Å². The Morgan fingerprint density at radius 3 is 2.76 bits per heavy atom. The zero-order valence-electron chi connectivity index (χ0n) is 10.5. The van der Waals surface area contributed by atoms with Gasteiger partial charge in [0.05, 0.1) is 10.5 Å². The lowest BCUT2D eigenvalue weighted by Gasteiger charge is -2.08. The number of rotatable bonds is 4. The first-order valence-electron chi connectivity index (χ1n) is 5.70. The number of anilines is 2. The third kappa shape index (κ3) is 3.09. The summed E-state index contributed by atoms with van der Waals surface area (Å²) in [6.07, 6.45) is 1.44. The van der Waals surface area contributed by atoms with Gasteiger partial charge in [-0.15, -0.1) is 0 Å². The molecule has 0 saturated carbocycles. The molecule has 0 aliphatic heterocycles. The van der Waals surface area contributed by atoms with Crippen LogP contribution in [0.25, 0.3) is 0 Å². The maximum absolute atomic E-state index is 13.5. The van der Waals surface area contributed by atoms with Gasteiger partial charge in [0.1, 0.15) is 0 Å². The van der Waals surface area contributed by atoms with Crippen molar-refractivity contribution in [1.82, 2.24) is 4.98 Å². The predicted octanol–water partition coefficient (Wildman–Crippen LogP) is 1.67. The van der Waals surface area contributed by atoms with E-state index in [0.717, 1.165) is 12.1 Å². The number of nitrogen functional groups attached to an aromatic ring is 1. The Morgan fingerprint density at radius 1 is 1.38 bits per heavy atom. The van der Waals surface area contributed by atoms with Gasteiger partial charge in [-0.1, -0.05) is 0 Å². The van der Waals surface area contributed by atoms with Gasteiger partial charge in [0.25, 0.3) is 5.91 Å². The number of amides is 1. The third-order valence-electron chi connectivity index (χ3n) is 2.59. The number of carbonyl (C=O) groups is 1. The standard InChI is InChI=1S/C12H10FN5O3/c13-9-6-7(3-4-10(9)18(20)21)16-12(19)8-2-1-5-15-11(8)17-14/h1-6H,14H2,(H,15,17)(H,16,19). The van der Waals surface area contributed by atoms with Gasteiger partial charge >= 0.3 is 5.69 Å². The van der Waals surface area contributed by atoms with E-state index in [0.29, 0.717) is 0 Å². The van der Waals surface area contributed by atoms with Crippen molar-refractivity contribution in [3.8, 4) is 0 Å². The van der Waals surface area contributed by atoms with Crippen LogP contribution in [-0.2, 0) is 0 Å². The van der Waals surface area contributed by atoms with Crippen molar-refractivity contribution in [3.63, 3.8) is 0 Å². The highest BCUT2D eigenvalue weighted by Crippen LogP contribution is 2.21. The molecule has 108 valence electrons. The number of hydrazine groups is 1. The van der Waals surface area contributed by atoms with E-state index < -0.39 is 22.3 Å². The molecular formula is C12H10FN5O3. The minimum Gasteiger partial charge on any atom is -0.322 e. The van der Waals surface area contributed by atoms with Crippen molar-refractivity contribution < 1.29 is 14.1 Å². The van der Waals surface area contributed by atoms with Crippen LogP contribution in [0.2, 0.25) is 0 Å². The topological polar surface area (TPSA) is 123 Å². The molecule has 1 heterocycles. The smallest absolute Gasteiger partial charge is 0.304 e. The van der Waals surface area contributed by atoms with Crippen LogP contribution in [0, 0.1) is 15.9 Å². The van der Waals surface area contributed by atoms with E-state index in [-0.39, 0.29) is 17.1 Å². The molecule has 1 aromatic heterocycles. The molecule has 0 radical (unpaired) electrons. The zero-order valence-corrected chi connectivity index (χ0v) is 10.5. The molecule has 8 nitrogen and oxygen atoms in total. The van der Waals surface area contributed by atoms with E-state index in [1.165, 1.54) is 24.4 Å². The third-order valence-corrected chi connectivity index (χ3v) is 2.59. The molecule has 9 heteroatoms. The summed E-state index contributed by atoms with van der Waals surface area (Å²) in [6, 6.07) is 6.06. The fourth-order valence-corrected chi connectivity index (χ4v) is 1.63. The van der Waals surface area contributed by atoms with Gasteiger partial charge in [0.2, 0.25) is 5.82 Å². The molecule has 0 atom stereocenters. The van der Waals surface area contributed by atoms with Crippen molar-refractivity contribution in [2.24, 2.45) is 5.84 Å². The summed E-state index contributed by atoms with van der Waals surface area (Å²) in [5.41, 5.74) is 1.82. The molecular weight excluding hydrogens is 281 g/mol. The number of nitro benzene ring substituents is 1. The first-order chi connectivity index (χ1) is 10.0. The van der Waals surface area contributed by atoms with Gasteiger partial charge in [-0.2, -0.15) is 4.39 Å². The lowest BCUT2D eigenvalue weighted by Crippen LogP contribution is -2.18. The number of nitrogens with one attached hydrogen (secondary N) is 2. The lowest BCUT2D eigenvalue weighted by molar-refractivity contribution is -0.387. The number of hydrogen-bond donors (Lipinski definition) is 3. The molecule has 21 heavy (non-hydrogen) atoms. The summed E-state index contributed by atoms with van der Waals surface area (Å²) in [5.74, 6) is 3.76. The maximum Gasteiger partial charge on any atom is 0.304 e. The minimum absolute atomic E-state index is 0.0786. The molecule has 0 fully saturated rings. The van der Waals surface area contributed by atoms with E-state index in [1.54, 1.807) is 0 Å². The number of nitrogens with zero attached hydrogens (tertiary/aromatic N) is 2. The number of aromatic nitrogens is 1. The number of hydrogen-bond acceptors (Lipinski definition) is 6. The number of nitro groups is 1. The molecule has 0 saturated heterocycles. The van der Waals surface area contributed by atoms with E-state index in [9.17, 15) is 19.3 Å². The van der Waals surface area contributed by atoms with Crippen LogP contribution in [0.1, 0.15) is 10.4 Å². The number of pyridine rings is 1. The van der Waals surface area contributed by atoms with Gasteiger partial charge < -0.3 is 10.7 Å². The predicted molar refractivity (Wildman–Crippen MR) is 73.1 cm³/mol. The molecule has 0 unspecified atom stereocenters. The van der Waals surface area contributed by atoms with Crippen molar-refractivity contribution in [2.45, 2.75) is 0 Å². The molecule has 1 amide bonds. The highest BCUT2D eigenvalue weighted by molar-refractivity contribution is 6.07. The van der Waals surface area contributed by atoms with Crippen LogP contribution in [0.5, 0.6) is 0 Å². The monoisotopic (exact) mass is 291 g/mol. The average Bonchev–Trinajstić information content (AvgIpc) is 2.46. The maximum atomic E-state index is 13.5. The molecule has 4 N–H and O–H groups in total. The Labute approximate surface area is 117 Å². The number of benzene rings is 1. The van der Waals surface area contributed by atoms with Crippen LogP contribution in [0.15, 0.2) is 36.5 Å². The summed E-state index contributed by atoms with van der Waals surface area (Å²) >= 11 is 0. The van der Waals surface area contributed by atoms with E-state index in [1.807, 2.05) is 0 Å². The zero-order chi connectivity index (χ0) is 15.4. The van der Waals surface area contributed by atoms with E-state index in [2.05, 4.69) is 15.7 Å². The summed E-state index contributed by atoms with van der Waals surface area (Å²) in [6.45, 7) is 0. The van der Waals surface area contributed by atoms with Gasteiger partial charge in [0.15, 0.2) is 5.82 Å². The minimum atomic E-state index is -1.04. The van der Waals surface area contributed by atoms with Crippen molar-refractivity contribution in [1.29, 1.82) is 0 Å². The van der Waals surface area contributed by atoms with Gasteiger partial charge in [-0.25, -0.2) is 10.8 Å². The molecule has 2 rings (SSSR count). The average molecular weight is 291 g/mol. The number of halogens is 1. The molecule has 1 aromatic carbocycles. The van der Waals surface area contributed by atoms with E-state index >= 15 is 0 Å². The summed E-state index contributed by atoms with van der Waals surface area (Å²) in [7, 11) is 0. The SMILES string of the molecule is NNc1ncccc1C(=O)Nc1ccc([N+](=O)[O-])c(F)c1. The fraction of sp³-hybridized carbons (Fsp3) is 0. The van der Waals surface area contributed by atoms with Crippen molar-refractivity contribution >= 4 is 23.1 Å². The van der Waals surface area contributed by atoms with Crippen LogP contribution in [0.4, 0.5) is 21.6 Å². The first-order valence-corrected chi connectivity index (χ1v) is 5.70. The van der Waals surface area contributed by atoms with Crippen molar-refractivity contribution in [3.05, 3.63) is 58.0 Å². The highest BCUT2D eigenvalue weighted by Gasteiger charge is 2.16. The quantitative estimate of drug-likeness (QED) is 0.447. The van der Waals surface area contributed by atoms with E-state index in [4.69, 9.17) is 5.84 Å². The number of carbonyl (C=O) groups excluding carboxylic acids is 1. The Morgan fingerprint density at radius 2 is 2.14 bits per heavy atom. The molecule has 0 aliphatic carbocycles. The molecule has 2 aromatic rings. The highest BCUT2D eigenvalue weighted by atomic mass is 19.1. The number of nitrogens with two attached hydrogens (primary N) is 1.